The second-order valence-electron chi connectivity index (χ2n) is 7.11. The molecule has 0 atom stereocenters. The Morgan fingerprint density at radius 2 is 1.70 bits per heavy atom. The molecule has 0 aliphatic carbocycles. The number of amides is 1. The Balaban J connectivity index is 1.28. The first-order valence-electron chi connectivity index (χ1n) is 9.49. The number of aromatic nitrogens is 1. The number of carbonyl (C=O) groups excluding carboxylic acids is 1. The number of hydrogen-bond donors (Lipinski definition) is 1. The number of fused-ring (bicyclic) bond motifs is 1. The van der Waals surface area contributed by atoms with E-state index in [1.165, 1.54) is 16.5 Å². The van der Waals surface area contributed by atoms with Crippen molar-refractivity contribution >= 4 is 32.7 Å². The molecule has 1 fully saturated rings. The summed E-state index contributed by atoms with van der Waals surface area (Å²) < 4.78 is 1.15. The van der Waals surface area contributed by atoms with Gasteiger partial charge in [0.2, 0.25) is 5.91 Å². The Kier molecular flexibility index (Phi) is 5.60. The molecule has 1 aliphatic rings. The summed E-state index contributed by atoms with van der Waals surface area (Å²) in [6.07, 6.45) is 3.40. The average Bonchev–Trinajstić information content (AvgIpc) is 3.12. The van der Waals surface area contributed by atoms with Crippen molar-refractivity contribution in [2.24, 2.45) is 0 Å². The van der Waals surface area contributed by atoms with Gasteiger partial charge in [0, 0.05) is 60.7 Å². The molecule has 1 amide bonds. The lowest BCUT2D eigenvalue weighted by atomic mass is 10.1. The molecule has 5 heteroatoms. The number of hydrogen-bond acceptors (Lipinski definition) is 2. The van der Waals surface area contributed by atoms with E-state index in [1.807, 2.05) is 29.3 Å². The summed E-state index contributed by atoms with van der Waals surface area (Å²) in [7, 11) is 0. The molecule has 4 rings (SSSR count). The number of aryl methyl sites for hydroxylation is 1. The SMILES string of the molecule is O=C(CCc1c[nH]c2ccccc12)N1CCN(Cc2ccccc2Br)CC1. The lowest BCUT2D eigenvalue weighted by Gasteiger charge is -2.35. The van der Waals surface area contributed by atoms with E-state index in [2.05, 4.69) is 56.1 Å². The van der Waals surface area contributed by atoms with Crippen LogP contribution in [0.15, 0.2) is 59.2 Å². The van der Waals surface area contributed by atoms with Gasteiger partial charge in [0.05, 0.1) is 0 Å². The molecule has 1 aliphatic heterocycles. The average molecular weight is 426 g/mol. The van der Waals surface area contributed by atoms with Gasteiger partial charge in [-0.05, 0) is 29.7 Å². The molecule has 1 N–H and O–H groups in total. The number of piperazine rings is 1. The van der Waals surface area contributed by atoms with Gasteiger partial charge in [-0.25, -0.2) is 0 Å². The quantitative estimate of drug-likeness (QED) is 0.664. The van der Waals surface area contributed by atoms with Gasteiger partial charge < -0.3 is 9.88 Å². The summed E-state index contributed by atoms with van der Waals surface area (Å²) in [6, 6.07) is 16.6. The molecule has 140 valence electrons. The first-order valence-corrected chi connectivity index (χ1v) is 10.3. The predicted molar refractivity (Wildman–Crippen MR) is 113 cm³/mol. The van der Waals surface area contributed by atoms with Crippen molar-refractivity contribution in [2.75, 3.05) is 26.2 Å². The Bertz CT molecular complexity index is 928. The number of halogens is 1. The van der Waals surface area contributed by atoms with Crippen LogP contribution in [0.3, 0.4) is 0 Å². The van der Waals surface area contributed by atoms with E-state index in [9.17, 15) is 4.79 Å². The molecule has 0 radical (unpaired) electrons. The Morgan fingerprint density at radius 3 is 2.52 bits per heavy atom. The molecule has 1 saturated heterocycles. The Morgan fingerprint density at radius 1 is 0.963 bits per heavy atom. The number of para-hydroxylation sites is 1. The van der Waals surface area contributed by atoms with Crippen LogP contribution < -0.4 is 0 Å². The second-order valence-corrected chi connectivity index (χ2v) is 7.96. The minimum Gasteiger partial charge on any atom is -0.361 e. The van der Waals surface area contributed by atoms with E-state index in [0.717, 1.165) is 49.1 Å². The van der Waals surface area contributed by atoms with Crippen molar-refractivity contribution < 1.29 is 4.79 Å². The van der Waals surface area contributed by atoms with Gasteiger partial charge in [0.1, 0.15) is 0 Å². The van der Waals surface area contributed by atoms with Gasteiger partial charge in [0.25, 0.3) is 0 Å². The van der Waals surface area contributed by atoms with Crippen molar-refractivity contribution in [1.29, 1.82) is 0 Å². The molecule has 27 heavy (non-hydrogen) atoms. The highest BCUT2D eigenvalue weighted by atomic mass is 79.9. The zero-order chi connectivity index (χ0) is 18.6. The highest BCUT2D eigenvalue weighted by molar-refractivity contribution is 9.10. The predicted octanol–water partition coefficient (Wildman–Crippen LogP) is 4.21. The fraction of sp³-hybridized carbons (Fsp3) is 0.318. The van der Waals surface area contributed by atoms with Gasteiger partial charge in [-0.3, -0.25) is 9.69 Å². The molecule has 2 heterocycles. The normalized spacial score (nSPS) is 15.4. The van der Waals surface area contributed by atoms with E-state index in [4.69, 9.17) is 0 Å². The van der Waals surface area contributed by atoms with E-state index in [1.54, 1.807) is 0 Å². The summed E-state index contributed by atoms with van der Waals surface area (Å²) in [5.41, 5.74) is 3.67. The first kappa shape index (κ1) is 18.3. The van der Waals surface area contributed by atoms with Gasteiger partial charge >= 0.3 is 0 Å². The maximum Gasteiger partial charge on any atom is 0.222 e. The van der Waals surface area contributed by atoms with E-state index in [-0.39, 0.29) is 5.91 Å². The number of nitrogens with one attached hydrogen (secondary N) is 1. The van der Waals surface area contributed by atoms with Crippen molar-refractivity contribution in [2.45, 2.75) is 19.4 Å². The zero-order valence-corrected chi connectivity index (χ0v) is 16.9. The fourth-order valence-corrected chi connectivity index (χ4v) is 4.17. The van der Waals surface area contributed by atoms with Gasteiger partial charge in [0.15, 0.2) is 0 Å². The minimum absolute atomic E-state index is 0.265. The minimum atomic E-state index is 0.265. The third kappa shape index (κ3) is 4.25. The van der Waals surface area contributed by atoms with Crippen LogP contribution >= 0.6 is 15.9 Å². The molecule has 1 aromatic heterocycles. The highest BCUT2D eigenvalue weighted by Crippen LogP contribution is 2.21. The van der Waals surface area contributed by atoms with Crippen LogP contribution in [0.5, 0.6) is 0 Å². The van der Waals surface area contributed by atoms with E-state index < -0.39 is 0 Å². The fourth-order valence-electron chi connectivity index (χ4n) is 3.76. The maximum atomic E-state index is 12.6. The number of carbonyl (C=O) groups is 1. The van der Waals surface area contributed by atoms with Crippen LogP contribution in [0.4, 0.5) is 0 Å². The van der Waals surface area contributed by atoms with Crippen molar-refractivity contribution in [3.8, 4) is 0 Å². The van der Waals surface area contributed by atoms with Crippen LogP contribution in [0.25, 0.3) is 10.9 Å². The molecular formula is C22H24BrN3O. The monoisotopic (exact) mass is 425 g/mol. The number of rotatable bonds is 5. The maximum absolute atomic E-state index is 12.6. The molecule has 0 spiro atoms. The summed E-state index contributed by atoms with van der Waals surface area (Å²) >= 11 is 3.62. The number of nitrogens with zero attached hydrogens (tertiary/aromatic N) is 2. The molecule has 0 saturated carbocycles. The topological polar surface area (TPSA) is 39.3 Å². The van der Waals surface area contributed by atoms with Crippen molar-refractivity contribution in [3.05, 3.63) is 70.3 Å². The van der Waals surface area contributed by atoms with E-state index >= 15 is 0 Å². The third-order valence-corrected chi connectivity index (χ3v) is 6.13. The lowest BCUT2D eigenvalue weighted by molar-refractivity contribution is -0.132. The molecule has 0 unspecified atom stereocenters. The van der Waals surface area contributed by atoms with Gasteiger partial charge in [-0.15, -0.1) is 0 Å². The first-order chi connectivity index (χ1) is 13.2. The lowest BCUT2D eigenvalue weighted by Crippen LogP contribution is -2.48. The van der Waals surface area contributed by atoms with Crippen LogP contribution in [0, 0.1) is 0 Å². The van der Waals surface area contributed by atoms with Gasteiger partial charge in [-0.2, -0.15) is 0 Å². The third-order valence-electron chi connectivity index (χ3n) is 5.36. The Hall–Kier alpha value is -2.11. The summed E-state index contributed by atoms with van der Waals surface area (Å²) in [5, 5.41) is 1.23. The van der Waals surface area contributed by atoms with Crippen LogP contribution in [-0.4, -0.2) is 46.9 Å². The second kappa shape index (κ2) is 8.28. The molecule has 3 aromatic rings. The number of aromatic amines is 1. The standard InChI is InChI=1S/C22H24BrN3O/c23-20-7-3-1-5-18(20)16-25-11-13-26(14-12-25)22(27)10-9-17-15-24-21-8-4-2-6-19(17)21/h1-8,15,24H,9-14,16H2. The molecule has 0 bridgehead atoms. The summed E-state index contributed by atoms with van der Waals surface area (Å²) in [6.45, 7) is 4.42. The molecular weight excluding hydrogens is 402 g/mol. The molecule has 2 aromatic carbocycles. The largest absolute Gasteiger partial charge is 0.361 e. The van der Waals surface area contributed by atoms with Crippen LogP contribution in [0.1, 0.15) is 17.5 Å². The van der Waals surface area contributed by atoms with Crippen molar-refractivity contribution in [1.82, 2.24) is 14.8 Å². The zero-order valence-electron chi connectivity index (χ0n) is 15.3. The van der Waals surface area contributed by atoms with Crippen LogP contribution in [-0.2, 0) is 17.8 Å². The molecule has 4 nitrogen and oxygen atoms in total. The number of benzene rings is 2. The van der Waals surface area contributed by atoms with Gasteiger partial charge in [-0.1, -0.05) is 52.3 Å². The van der Waals surface area contributed by atoms with Crippen LogP contribution in [0.2, 0.25) is 0 Å². The highest BCUT2D eigenvalue weighted by Gasteiger charge is 2.21. The Labute approximate surface area is 168 Å². The summed E-state index contributed by atoms with van der Waals surface area (Å²) in [5.74, 6) is 0.265. The number of H-pyrrole nitrogens is 1. The van der Waals surface area contributed by atoms with E-state index in [0.29, 0.717) is 6.42 Å². The van der Waals surface area contributed by atoms with Crippen molar-refractivity contribution in [3.63, 3.8) is 0 Å². The smallest absolute Gasteiger partial charge is 0.222 e. The summed E-state index contributed by atoms with van der Waals surface area (Å²) in [4.78, 5) is 20.4.